The number of halogens is 2. The van der Waals surface area contributed by atoms with Gasteiger partial charge in [0.2, 0.25) is 0 Å². The second-order valence-electron chi connectivity index (χ2n) is 4.54. The summed E-state index contributed by atoms with van der Waals surface area (Å²) in [5, 5.41) is 15.0. The van der Waals surface area contributed by atoms with E-state index in [1.165, 1.54) is 12.1 Å². The topological polar surface area (TPSA) is 89.3 Å². The van der Waals surface area contributed by atoms with Gasteiger partial charge in [0.25, 0.3) is 0 Å². The lowest BCUT2D eigenvalue weighted by atomic mass is 10.2. The number of rotatable bonds is 7. The molecular formula is C15H13Cl2N5O. The number of benzene rings is 2. The summed E-state index contributed by atoms with van der Waals surface area (Å²) in [4.78, 5) is 10.5. The fourth-order valence-corrected chi connectivity index (χ4v) is 2.37. The van der Waals surface area contributed by atoms with Crippen molar-refractivity contribution in [3.8, 4) is 6.07 Å². The third-order valence-electron chi connectivity index (χ3n) is 2.91. The summed E-state index contributed by atoms with van der Waals surface area (Å²) in [6.45, 7) is 0.601. The van der Waals surface area contributed by atoms with Crippen molar-refractivity contribution < 1.29 is 0 Å². The highest BCUT2D eigenvalue weighted by Gasteiger charge is 2.08. The molecule has 0 radical (unpaired) electrons. The van der Waals surface area contributed by atoms with Gasteiger partial charge in [-0.15, -0.1) is 4.91 Å². The van der Waals surface area contributed by atoms with E-state index in [2.05, 4.69) is 27.4 Å². The Bertz CT molecular complexity index is 705. The molecule has 2 aromatic rings. The highest BCUT2D eigenvalue weighted by Crippen LogP contribution is 2.34. The predicted molar refractivity (Wildman–Crippen MR) is 94.3 cm³/mol. The second-order valence-corrected chi connectivity index (χ2v) is 5.35. The number of nitrogens with one attached hydrogen (secondary N) is 3. The minimum atomic E-state index is 0.165. The highest BCUT2D eigenvalue weighted by molar-refractivity contribution is 6.39. The van der Waals surface area contributed by atoms with E-state index in [-0.39, 0.29) is 15.7 Å². The van der Waals surface area contributed by atoms with Crippen molar-refractivity contribution in [2.75, 3.05) is 22.7 Å². The number of hydrogen-bond donors (Lipinski definition) is 3. The van der Waals surface area contributed by atoms with Gasteiger partial charge in [0.05, 0.1) is 33.9 Å². The molecule has 2 aromatic carbocycles. The van der Waals surface area contributed by atoms with E-state index in [9.17, 15) is 4.91 Å². The van der Waals surface area contributed by atoms with Crippen LogP contribution in [-0.2, 0) is 0 Å². The van der Waals surface area contributed by atoms with Gasteiger partial charge in [0.15, 0.2) is 0 Å². The maximum atomic E-state index is 10.5. The summed E-state index contributed by atoms with van der Waals surface area (Å²) in [7, 11) is 0. The quantitative estimate of drug-likeness (QED) is 0.365. The maximum Gasteiger partial charge on any atom is 0.111 e. The van der Waals surface area contributed by atoms with Gasteiger partial charge in [-0.3, -0.25) is 5.43 Å². The molecule has 0 aliphatic carbocycles. The number of anilines is 3. The molecule has 0 fully saturated rings. The van der Waals surface area contributed by atoms with E-state index in [0.717, 1.165) is 11.4 Å². The van der Waals surface area contributed by atoms with Gasteiger partial charge in [-0.05, 0) is 41.6 Å². The molecule has 0 saturated heterocycles. The number of nitroso groups, excluding NO2 is 1. The predicted octanol–water partition coefficient (Wildman–Crippen LogP) is 5.16. The van der Waals surface area contributed by atoms with Crippen molar-refractivity contribution in [3.05, 3.63) is 51.4 Å². The van der Waals surface area contributed by atoms with Crippen LogP contribution in [0.1, 0.15) is 6.42 Å². The first-order valence-corrected chi connectivity index (χ1v) is 7.45. The van der Waals surface area contributed by atoms with Crippen LogP contribution in [-0.4, -0.2) is 6.54 Å². The number of nitrogens with zero attached hydrogens (tertiary/aromatic N) is 2. The van der Waals surface area contributed by atoms with E-state index in [1.807, 2.05) is 24.3 Å². The van der Waals surface area contributed by atoms with E-state index < -0.39 is 0 Å². The average Bonchev–Trinajstić information content (AvgIpc) is 2.55. The first-order chi connectivity index (χ1) is 11.1. The molecular weight excluding hydrogens is 337 g/mol. The Morgan fingerprint density at radius 1 is 1.04 bits per heavy atom. The van der Waals surface area contributed by atoms with Crippen molar-refractivity contribution in [2.24, 2.45) is 5.18 Å². The first-order valence-electron chi connectivity index (χ1n) is 6.69. The van der Waals surface area contributed by atoms with Crippen LogP contribution in [0.2, 0.25) is 10.0 Å². The molecule has 0 unspecified atom stereocenters. The summed E-state index contributed by atoms with van der Waals surface area (Å²) in [6, 6.07) is 12.4. The molecule has 8 heteroatoms. The fourth-order valence-electron chi connectivity index (χ4n) is 1.80. The van der Waals surface area contributed by atoms with E-state index >= 15 is 0 Å². The summed E-state index contributed by atoms with van der Waals surface area (Å²) >= 11 is 12.1. The smallest absolute Gasteiger partial charge is 0.111 e. The zero-order valence-corrected chi connectivity index (χ0v) is 13.4. The molecule has 0 heterocycles. The first kappa shape index (κ1) is 16.9. The Labute approximate surface area is 143 Å². The molecule has 3 N–H and O–H groups in total. The second kappa shape index (κ2) is 8.22. The molecule has 0 aliphatic heterocycles. The lowest BCUT2D eigenvalue weighted by Crippen LogP contribution is -2.09. The molecule has 0 aliphatic rings. The molecule has 0 saturated carbocycles. The van der Waals surface area contributed by atoms with Crippen LogP contribution >= 0.6 is 23.2 Å². The van der Waals surface area contributed by atoms with Crippen molar-refractivity contribution >= 4 is 46.0 Å². The Balaban J connectivity index is 1.98. The van der Waals surface area contributed by atoms with E-state index in [4.69, 9.17) is 28.5 Å². The van der Waals surface area contributed by atoms with Crippen LogP contribution in [0.4, 0.5) is 22.7 Å². The SMILES string of the molecule is N#CCCNc1ccc(NNc2c(Cl)cc(N=O)cc2Cl)cc1. The van der Waals surface area contributed by atoms with Gasteiger partial charge in [-0.2, -0.15) is 5.26 Å². The Morgan fingerprint density at radius 3 is 2.22 bits per heavy atom. The van der Waals surface area contributed by atoms with Crippen LogP contribution in [0.5, 0.6) is 0 Å². The number of hydrogen-bond acceptors (Lipinski definition) is 6. The standard InChI is InChI=1S/C15H13Cl2N5O/c16-13-8-12(22-23)9-14(17)15(13)21-20-11-4-2-10(3-5-11)19-7-1-6-18/h2-5,8-9,19-21H,1,7H2. The molecule has 0 atom stereocenters. The van der Waals surface area contributed by atoms with Crippen LogP contribution < -0.4 is 16.2 Å². The van der Waals surface area contributed by atoms with Crippen LogP contribution in [0.15, 0.2) is 41.6 Å². The van der Waals surface area contributed by atoms with Gasteiger partial charge in [0.1, 0.15) is 5.69 Å². The van der Waals surface area contributed by atoms with Crippen molar-refractivity contribution in [2.45, 2.75) is 6.42 Å². The largest absolute Gasteiger partial charge is 0.384 e. The van der Waals surface area contributed by atoms with Crippen molar-refractivity contribution in [1.82, 2.24) is 0 Å². The van der Waals surface area contributed by atoms with Gasteiger partial charge in [-0.1, -0.05) is 23.2 Å². The van der Waals surface area contributed by atoms with E-state index in [1.54, 1.807) is 0 Å². The Hall–Kier alpha value is -2.49. The zero-order valence-electron chi connectivity index (χ0n) is 11.9. The average molecular weight is 350 g/mol. The monoisotopic (exact) mass is 349 g/mol. The number of hydrazine groups is 1. The molecule has 2 rings (SSSR count). The third kappa shape index (κ3) is 4.74. The molecule has 0 amide bonds. The third-order valence-corrected chi connectivity index (χ3v) is 3.51. The lowest BCUT2D eigenvalue weighted by Gasteiger charge is -2.13. The molecule has 23 heavy (non-hydrogen) atoms. The minimum absolute atomic E-state index is 0.165. The van der Waals surface area contributed by atoms with Crippen LogP contribution in [0.25, 0.3) is 0 Å². The molecule has 0 spiro atoms. The summed E-state index contributed by atoms with van der Waals surface area (Å²) < 4.78 is 0. The van der Waals surface area contributed by atoms with Gasteiger partial charge in [0, 0.05) is 12.2 Å². The molecule has 6 nitrogen and oxygen atoms in total. The molecule has 118 valence electrons. The summed E-state index contributed by atoms with van der Waals surface area (Å²) in [6.07, 6.45) is 0.449. The normalized spacial score (nSPS) is 9.78. The molecule has 0 aromatic heterocycles. The lowest BCUT2D eigenvalue weighted by molar-refractivity contribution is 1.08. The van der Waals surface area contributed by atoms with Crippen molar-refractivity contribution in [1.29, 1.82) is 5.26 Å². The highest BCUT2D eigenvalue weighted by atomic mass is 35.5. The fraction of sp³-hybridized carbons (Fsp3) is 0.133. The summed E-state index contributed by atoms with van der Waals surface area (Å²) in [5.74, 6) is 0. The van der Waals surface area contributed by atoms with Gasteiger partial charge >= 0.3 is 0 Å². The Kier molecular flexibility index (Phi) is 6.03. The molecule has 0 bridgehead atoms. The van der Waals surface area contributed by atoms with Crippen LogP contribution in [0.3, 0.4) is 0 Å². The minimum Gasteiger partial charge on any atom is -0.384 e. The van der Waals surface area contributed by atoms with E-state index in [0.29, 0.717) is 18.7 Å². The Morgan fingerprint density at radius 2 is 1.65 bits per heavy atom. The van der Waals surface area contributed by atoms with Crippen LogP contribution in [0, 0.1) is 16.2 Å². The van der Waals surface area contributed by atoms with Gasteiger partial charge < -0.3 is 10.7 Å². The maximum absolute atomic E-state index is 10.5. The van der Waals surface area contributed by atoms with Gasteiger partial charge in [-0.25, -0.2) is 0 Å². The van der Waals surface area contributed by atoms with Crippen molar-refractivity contribution in [3.63, 3.8) is 0 Å². The summed E-state index contributed by atoms with van der Waals surface area (Å²) in [5.41, 5.74) is 8.20. The number of nitriles is 1. The zero-order chi connectivity index (χ0) is 16.7.